The predicted molar refractivity (Wildman–Crippen MR) is 31.9 cm³/mol. The molecule has 3 nitrogen and oxygen atoms in total. The molecule has 2 amide bonds. The van der Waals surface area contributed by atoms with Gasteiger partial charge in [-0.1, -0.05) is 0 Å². The number of hydrogen-bond acceptors (Lipinski definition) is 2. The Morgan fingerprint density at radius 1 is 1.17 bits per heavy atom. The van der Waals surface area contributed by atoms with E-state index in [1.165, 1.54) is 0 Å². The van der Waals surface area contributed by atoms with Gasteiger partial charge in [-0.3, -0.25) is 14.5 Å². The fourth-order valence-corrected chi connectivity index (χ4v) is 0.766. The van der Waals surface area contributed by atoms with Gasteiger partial charge < -0.3 is 0 Å². The van der Waals surface area contributed by atoms with Crippen molar-refractivity contribution < 1.29 is 22.8 Å². The molecule has 1 aliphatic rings. The van der Waals surface area contributed by atoms with Crippen molar-refractivity contribution in [2.45, 2.75) is 6.18 Å². The van der Waals surface area contributed by atoms with Crippen molar-refractivity contribution in [1.29, 1.82) is 0 Å². The second kappa shape index (κ2) is 2.62. The molecule has 0 aromatic heterocycles. The molecule has 0 spiro atoms. The third kappa shape index (κ3) is 1.84. The van der Waals surface area contributed by atoms with E-state index in [4.69, 9.17) is 0 Å². The van der Waals surface area contributed by atoms with E-state index in [-0.39, 0.29) is 4.90 Å². The third-order valence-electron chi connectivity index (χ3n) is 1.24. The summed E-state index contributed by atoms with van der Waals surface area (Å²) >= 11 is 0. The van der Waals surface area contributed by atoms with Gasteiger partial charge in [-0.15, -0.1) is 0 Å². The van der Waals surface area contributed by atoms with Crippen LogP contribution in [0.25, 0.3) is 0 Å². The minimum Gasteiger partial charge on any atom is -0.269 e. The molecule has 0 aliphatic carbocycles. The molecule has 1 aliphatic heterocycles. The minimum absolute atomic E-state index is 0.139. The molecule has 0 fully saturated rings. The van der Waals surface area contributed by atoms with Crippen molar-refractivity contribution in [2.75, 3.05) is 6.54 Å². The molecule has 12 heavy (non-hydrogen) atoms. The summed E-state index contributed by atoms with van der Waals surface area (Å²) in [4.78, 5) is 21.3. The molecule has 0 aromatic carbocycles. The average Bonchev–Trinajstić information content (AvgIpc) is 2.16. The largest absolute Gasteiger partial charge is 0.406 e. The van der Waals surface area contributed by atoms with Gasteiger partial charge in [0.15, 0.2) is 0 Å². The number of imide groups is 1. The number of halogens is 3. The Morgan fingerprint density at radius 3 is 1.92 bits per heavy atom. The molecule has 66 valence electrons. The van der Waals surface area contributed by atoms with E-state index < -0.39 is 24.5 Å². The van der Waals surface area contributed by atoms with Crippen LogP contribution >= 0.6 is 0 Å². The number of amides is 2. The SMILES string of the molecule is O=C1C=CC(=O)N1CC(F)(F)F. The first-order valence-corrected chi connectivity index (χ1v) is 3.00. The van der Waals surface area contributed by atoms with Crippen molar-refractivity contribution in [3.63, 3.8) is 0 Å². The molecular formula is C6H4F3NO2. The number of hydrogen-bond donors (Lipinski definition) is 0. The van der Waals surface area contributed by atoms with E-state index in [0.717, 1.165) is 12.2 Å². The van der Waals surface area contributed by atoms with Gasteiger partial charge in [0.1, 0.15) is 6.54 Å². The Morgan fingerprint density at radius 2 is 1.58 bits per heavy atom. The summed E-state index contributed by atoms with van der Waals surface area (Å²) in [5.41, 5.74) is 0. The van der Waals surface area contributed by atoms with Crippen molar-refractivity contribution >= 4 is 11.8 Å². The fourth-order valence-electron chi connectivity index (χ4n) is 0.766. The van der Waals surface area contributed by atoms with Crippen LogP contribution in [0.3, 0.4) is 0 Å². The lowest BCUT2D eigenvalue weighted by atomic mass is 10.5. The zero-order valence-electron chi connectivity index (χ0n) is 5.76. The average molecular weight is 179 g/mol. The van der Waals surface area contributed by atoms with Crippen LogP contribution in [0.1, 0.15) is 0 Å². The smallest absolute Gasteiger partial charge is 0.269 e. The molecule has 0 N–H and O–H groups in total. The summed E-state index contributed by atoms with van der Waals surface area (Å²) in [7, 11) is 0. The van der Waals surface area contributed by atoms with Crippen LogP contribution < -0.4 is 0 Å². The zero-order valence-corrected chi connectivity index (χ0v) is 5.76. The van der Waals surface area contributed by atoms with Gasteiger partial charge >= 0.3 is 6.18 Å². The zero-order chi connectivity index (χ0) is 9.35. The van der Waals surface area contributed by atoms with Gasteiger partial charge in [0.2, 0.25) is 0 Å². The van der Waals surface area contributed by atoms with Crippen molar-refractivity contribution in [1.82, 2.24) is 4.90 Å². The lowest BCUT2D eigenvalue weighted by Gasteiger charge is -2.15. The first-order valence-electron chi connectivity index (χ1n) is 3.00. The van der Waals surface area contributed by atoms with Crippen LogP contribution in [0.4, 0.5) is 13.2 Å². The molecule has 0 atom stereocenters. The molecule has 0 saturated heterocycles. The molecule has 1 heterocycles. The fraction of sp³-hybridized carbons (Fsp3) is 0.333. The van der Waals surface area contributed by atoms with Crippen molar-refractivity contribution in [3.05, 3.63) is 12.2 Å². The maximum absolute atomic E-state index is 11.7. The van der Waals surface area contributed by atoms with Crippen LogP contribution in [0, 0.1) is 0 Å². The number of alkyl halides is 3. The maximum Gasteiger partial charge on any atom is 0.406 e. The highest BCUT2D eigenvalue weighted by Gasteiger charge is 2.36. The van der Waals surface area contributed by atoms with Crippen molar-refractivity contribution in [2.24, 2.45) is 0 Å². The molecule has 0 radical (unpaired) electrons. The third-order valence-corrected chi connectivity index (χ3v) is 1.24. The lowest BCUT2D eigenvalue weighted by Crippen LogP contribution is -2.38. The maximum atomic E-state index is 11.7. The molecule has 0 unspecified atom stereocenters. The second-order valence-electron chi connectivity index (χ2n) is 2.21. The number of nitrogens with zero attached hydrogens (tertiary/aromatic N) is 1. The van der Waals surface area contributed by atoms with Gasteiger partial charge in [-0.05, 0) is 0 Å². The monoisotopic (exact) mass is 179 g/mol. The lowest BCUT2D eigenvalue weighted by molar-refractivity contribution is -0.164. The van der Waals surface area contributed by atoms with Crippen LogP contribution in [0.5, 0.6) is 0 Å². The molecule has 0 bridgehead atoms. The first kappa shape index (κ1) is 8.76. The van der Waals surface area contributed by atoms with E-state index in [1.807, 2.05) is 0 Å². The highest BCUT2D eigenvalue weighted by atomic mass is 19.4. The van der Waals surface area contributed by atoms with Crippen LogP contribution in [-0.4, -0.2) is 29.4 Å². The van der Waals surface area contributed by atoms with Crippen LogP contribution in [0.15, 0.2) is 12.2 Å². The molecule has 1 rings (SSSR count). The van der Waals surface area contributed by atoms with E-state index >= 15 is 0 Å². The molecular weight excluding hydrogens is 175 g/mol. The van der Waals surface area contributed by atoms with E-state index in [2.05, 4.69) is 0 Å². The van der Waals surface area contributed by atoms with E-state index in [9.17, 15) is 22.8 Å². The predicted octanol–water partition coefficient (Wildman–Crippen LogP) is 0.474. The van der Waals surface area contributed by atoms with E-state index in [1.54, 1.807) is 0 Å². The Labute approximate surface area is 65.4 Å². The second-order valence-corrected chi connectivity index (χ2v) is 2.21. The summed E-state index contributed by atoms with van der Waals surface area (Å²) in [6.45, 7) is -1.52. The summed E-state index contributed by atoms with van der Waals surface area (Å²) < 4.78 is 35.0. The first-order chi connectivity index (χ1) is 5.40. The number of carbonyl (C=O) groups excluding carboxylic acids is 2. The Balaban J connectivity index is 2.66. The summed E-state index contributed by atoms with van der Waals surface area (Å²) in [5, 5.41) is 0. The Bertz CT molecular complexity index is 238. The highest BCUT2D eigenvalue weighted by Crippen LogP contribution is 2.18. The van der Waals surface area contributed by atoms with Crippen LogP contribution in [0.2, 0.25) is 0 Å². The topological polar surface area (TPSA) is 37.4 Å². The summed E-state index contributed by atoms with van der Waals surface area (Å²) in [5.74, 6) is -1.84. The van der Waals surface area contributed by atoms with Gasteiger partial charge in [-0.25, -0.2) is 0 Å². The van der Waals surface area contributed by atoms with Crippen LogP contribution in [-0.2, 0) is 9.59 Å². The quantitative estimate of drug-likeness (QED) is 0.549. The van der Waals surface area contributed by atoms with Gasteiger partial charge in [0, 0.05) is 12.2 Å². The number of rotatable bonds is 1. The van der Waals surface area contributed by atoms with Crippen molar-refractivity contribution in [3.8, 4) is 0 Å². The normalized spacial score (nSPS) is 17.8. The van der Waals surface area contributed by atoms with Gasteiger partial charge in [0.25, 0.3) is 11.8 Å². The highest BCUT2D eigenvalue weighted by molar-refractivity contribution is 6.12. The Kier molecular flexibility index (Phi) is 1.91. The molecule has 6 heteroatoms. The van der Waals surface area contributed by atoms with E-state index in [0.29, 0.717) is 0 Å². The number of carbonyl (C=O) groups is 2. The summed E-state index contributed by atoms with van der Waals surface area (Å²) in [6, 6.07) is 0. The Hall–Kier alpha value is -1.33. The van der Waals surface area contributed by atoms with Gasteiger partial charge in [-0.2, -0.15) is 13.2 Å². The molecule has 0 aromatic rings. The van der Waals surface area contributed by atoms with Gasteiger partial charge in [0.05, 0.1) is 0 Å². The minimum atomic E-state index is -4.53. The standard InChI is InChI=1S/C6H4F3NO2/c7-6(8,9)3-10-4(11)1-2-5(10)12/h1-2H,3H2. The summed E-state index contributed by atoms with van der Waals surface area (Å²) in [6.07, 6.45) is -2.90. The molecule has 0 saturated carbocycles.